The van der Waals surface area contributed by atoms with Gasteiger partial charge in [-0.25, -0.2) is 4.68 Å². The number of carbonyl (C=O) groups excluding carboxylic acids is 1. The van der Waals surface area contributed by atoms with Gasteiger partial charge < -0.3 is 14.4 Å². The third kappa shape index (κ3) is 3.80. The van der Waals surface area contributed by atoms with Gasteiger partial charge in [-0.05, 0) is 62.1 Å². The van der Waals surface area contributed by atoms with E-state index in [1.54, 1.807) is 10.7 Å². The van der Waals surface area contributed by atoms with Gasteiger partial charge in [-0.1, -0.05) is 12.1 Å². The van der Waals surface area contributed by atoms with E-state index in [4.69, 9.17) is 9.47 Å². The first-order valence-corrected chi connectivity index (χ1v) is 10.9. The SMILES string of the molecule is O=C(C1COc2ccccc2O1)N1CCC(Cn2nc3c(cc2=O)CCCC3)CC1. The molecule has 5 rings (SSSR count). The Morgan fingerprint density at radius 3 is 2.70 bits per heavy atom. The maximum absolute atomic E-state index is 12.9. The minimum Gasteiger partial charge on any atom is -0.485 e. The molecule has 0 N–H and O–H groups in total. The van der Waals surface area contributed by atoms with Crippen LogP contribution in [-0.4, -0.2) is 46.4 Å². The first kappa shape index (κ1) is 19.2. The van der Waals surface area contributed by atoms with Gasteiger partial charge in [-0.15, -0.1) is 0 Å². The Labute approximate surface area is 175 Å². The number of piperidine rings is 1. The normalized spacial score (nSPS) is 21.2. The van der Waals surface area contributed by atoms with Gasteiger partial charge >= 0.3 is 0 Å². The van der Waals surface area contributed by atoms with E-state index in [2.05, 4.69) is 5.10 Å². The molecule has 30 heavy (non-hydrogen) atoms. The second kappa shape index (κ2) is 8.13. The molecule has 1 aromatic heterocycles. The second-order valence-electron chi connectivity index (χ2n) is 8.48. The summed E-state index contributed by atoms with van der Waals surface area (Å²) in [7, 11) is 0. The van der Waals surface area contributed by atoms with Crippen molar-refractivity contribution in [3.8, 4) is 11.5 Å². The number of rotatable bonds is 3. The maximum atomic E-state index is 12.9. The summed E-state index contributed by atoms with van der Waals surface area (Å²) in [5.41, 5.74) is 2.21. The molecular formula is C23H27N3O4. The Bertz CT molecular complexity index is 994. The number of nitrogens with zero attached hydrogens (tertiary/aromatic N) is 3. The molecule has 3 aliphatic rings. The number of amides is 1. The zero-order chi connectivity index (χ0) is 20.5. The first-order chi connectivity index (χ1) is 14.7. The second-order valence-corrected chi connectivity index (χ2v) is 8.48. The fourth-order valence-corrected chi connectivity index (χ4v) is 4.66. The third-order valence-corrected chi connectivity index (χ3v) is 6.42. The lowest BCUT2D eigenvalue weighted by atomic mass is 9.95. The van der Waals surface area contributed by atoms with Gasteiger partial charge in [0.15, 0.2) is 11.5 Å². The molecule has 0 bridgehead atoms. The van der Waals surface area contributed by atoms with Crippen LogP contribution in [0.2, 0.25) is 0 Å². The molecule has 1 atom stereocenters. The molecule has 1 aliphatic carbocycles. The van der Waals surface area contributed by atoms with Gasteiger partial charge in [0, 0.05) is 25.7 Å². The number of para-hydroxylation sites is 2. The molecule has 3 heterocycles. The van der Waals surface area contributed by atoms with Gasteiger partial charge in [-0.3, -0.25) is 9.59 Å². The van der Waals surface area contributed by atoms with Crippen molar-refractivity contribution in [1.82, 2.24) is 14.7 Å². The van der Waals surface area contributed by atoms with E-state index in [1.165, 1.54) is 0 Å². The summed E-state index contributed by atoms with van der Waals surface area (Å²) in [6.45, 7) is 2.21. The Kier molecular flexibility index (Phi) is 5.19. The molecule has 0 spiro atoms. The molecule has 2 aliphatic heterocycles. The van der Waals surface area contributed by atoms with Gasteiger partial charge in [0.25, 0.3) is 11.5 Å². The van der Waals surface area contributed by atoms with E-state index in [-0.39, 0.29) is 18.1 Å². The smallest absolute Gasteiger partial charge is 0.267 e. The molecule has 1 fully saturated rings. The number of benzene rings is 1. The molecule has 0 saturated carbocycles. The molecule has 7 heteroatoms. The average molecular weight is 409 g/mol. The van der Waals surface area contributed by atoms with E-state index in [0.717, 1.165) is 49.8 Å². The Morgan fingerprint density at radius 2 is 1.87 bits per heavy atom. The summed E-state index contributed by atoms with van der Waals surface area (Å²) in [4.78, 5) is 27.2. The molecular weight excluding hydrogens is 382 g/mol. The van der Waals surface area contributed by atoms with E-state index in [9.17, 15) is 9.59 Å². The number of aryl methyl sites for hydroxylation is 2. The summed E-state index contributed by atoms with van der Waals surface area (Å²) >= 11 is 0. The van der Waals surface area contributed by atoms with Crippen molar-refractivity contribution < 1.29 is 14.3 Å². The van der Waals surface area contributed by atoms with Crippen molar-refractivity contribution in [3.63, 3.8) is 0 Å². The van der Waals surface area contributed by atoms with Crippen LogP contribution in [0.1, 0.15) is 36.9 Å². The van der Waals surface area contributed by atoms with Gasteiger partial charge in [-0.2, -0.15) is 5.10 Å². The van der Waals surface area contributed by atoms with Crippen molar-refractivity contribution in [1.29, 1.82) is 0 Å². The minimum absolute atomic E-state index is 0.000533. The molecule has 158 valence electrons. The fraction of sp³-hybridized carbons (Fsp3) is 0.522. The largest absolute Gasteiger partial charge is 0.485 e. The summed E-state index contributed by atoms with van der Waals surface area (Å²) in [5.74, 6) is 1.63. The number of likely N-dealkylation sites (tertiary alicyclic amines) is 1. The van der Waals surface area contributed by atoms with E-state index in [1.807, 2.05) is 29.2 Å². The molecule has 1 aromatic carbocycles. The number of aromatic nitrogens is 2. The predicted octanol–water partition coefficient (Wildman–Crippen LogP) is 2.20. The van der Waals surface area contributed by atoms with Crippen LogP contribution < -0.4 is 15.0 Å². The van der Waals surface area contributed by atoms with E-state index >= 15 is 0 Å². The van der Waals surface area contributed by atoms with Crippen LogP contribution in [0.25, 0.3) is 0 Å². The molecule has 7 nitrogen and oxygen atoms in total. The van der Waals surface area contributed by atoms with Crippen molar-refractivity contribution >= 4 is 5.91 Å². The van der Waals surface area contributed by atoms with Gasteiger partial charge in [0.1, 0.15) is 6.61 Å². The summed E-state index contributed by atoms with van der Waals surface area (Å²) < 4.78 is 13.2. The fourth-order valence-electron chi connectivity index (χ4n) is 4.66. The maximum Gasteiger partial charge on any atom is 0.267 e. The Morgan fingerprint density at radius 1 is 1.10 bits per heavy atom. The number of carbonyl (C=O) groups is 1. The Balaban J connectivity index is 1.18. The zero-order valence-corrected chi connectivity index (χ0v) is 17.1. The highest BCUT2D eigenvalue weighted by Gasteiger charge is 2.33. The van der Waals surface area contributed by atoms with Crippen LogP contribution in [-0.2, 0) is 24.2 Å². The number of ether oxygens (including phenoxy) is 2. The highest BCUT2D eigenvalue weighted by Crippen LogP contribution is 2.31. The van der Waals surface area contributed by atoms with Gasteiger partial charge in [0.2, 0.25) is 6.10 Å². The molecule has 1 amide bonds. The van der Waals surface area contributed by atoms with Crippen molar-refractivity contribution in [3.05, 3.63) is 51.9 Å². The monoisotopic (exact) mass is 409 g/mol. The first-order valence-electron chi connectivity index (χ1n) is 10.9. The third-order valence-electron chi connectivity index (χ3n) is 6.42. The van der Waals surface area contributed by atoms with Crippen molar-refractivity contribution in [2.45, 2.75) is 51.2 Å². The van der Waals surface area contributed by atoms with Crippen LogP contribution >= 0.6 is 0 Å². The highest BCUT2D eigenvalue weighted by molar-refractivity contribution is 5.82. The predicted molar refractivity (Wildman–Crippen MR) is 111 cm³/mol. The van der Waals surface area contributed by atoms with Crippen LogP contribution in [0.5, 0.6) is 11.5 Å². The number of hydrogen-bond donors (Lipinski definition) is 0. The highest BCUT2D eigenvalue weighted by atomic mass is 16.6. The van der Waals surface area contributed by atoms with Crippen molar-refractivity contribution in [2.75, 3.05) is 19.7 Å². The van der Waals surface area contributed by atoms with Crippen LogP contribution in [0.4, 0.5) is 0 Å². The molecule has 0 radical (unpaired) electrons. The van der Waals surface area contributed by atoms with Crippen LogP contribution in [0.3, 0.4) is 0 Å². The zero-order valence-electron chi connectivity index (χ0n) is 17.1. The molecule has 2 aromatic rings. The lowest BCUT2D eigenvalue weighted by Gasteiger charge is -2.35. The standard InChI is InChI=1S/C23H27N3O4/c27-22-13-17-5-1-2-6-18(17)24-26(22)14-16-9-11-25(12-10-16)23(28)21-15-29-19-7-3-4-8-20(19)30-21/h3-4,7-8,13,16,21H,1-2,5-6,9-12,14-15H2. The number of fused-ring (bicyclic) bond motifs is 2. The minimum atomic E-state index is -0.596. The summed E-state index contributed by atoms with van der Waals surface area (Å²) in [5, 5.41) is 4.64. The average Bonchev–Trinajstić information content (AvgIpc) is 2.79. The van der Waals surface area contributed by atoms with Gasteiger partial charge in [0.05, 0.1) is 5.69 Å². The molecule has 1 saturated heterocycles. The van der Waals surface area contributed by atoms with E-state index in [0.29, 0.717) is 37.1 Å². The summed E-state index contributed by atoms with van der Waals surface area (Å²) in [6.07, 6.45) is 5.36. The number of hydrogen-bond acceptors (Lipinski definition) is 5. The van der Waals surface area contributed by atoms with Crippen LogP contribution in [0.15, 0.2) is 35.1 Å². The lowest BCUT2D eigenvalue weighted by Crippen LogP contribution is -2.49. The van der Waals surface area contributed by atoms with Crippen LogP contribution in [0, 0.1) is 5.92 Å². The quantitative estimate of drug-likeness (QED) is 0.777. The van der Waals surface area contributed by atoms with E-state index < -0.39 is 6.10 Å². The topological polar surface area (TPSA) is 73.7 Å². The Hall–Kier alpha value is -2.83. The lowest BCUT2D eigenvalue weighted by molar-refractivity contribution is -0.142. The summed E-state index contributed by atoms with van der Waals surface area (Å²) in [6, 6.07) is 9.20. The molecule has 1 unspecified atom stereocenters. The van der Waals surface area contributed by atoms with Crippen molar-refractivity contribution in [2.24, 2.45) is 5.92 Å².